The molecule has 1 aromatic rings. The van der Waals surface area contributed by atoms with Gasteiger partial charge in [0.25, 0.3) is 0 Å². The van der Waals surface area contributed by atoms with E-state index >= 15 is 0 Å². The Morgan fingerprint density at radius 1 is 1.47 bits per heavy atom. The van der Waals surface area contributed by atoms with Gasteiger partial charge in [0.2, 0.25) is 0 Å². The van der Waals surface area contributed by atoms with E-state index in [-0.39, 0.29) is 0 Å². The van der Waals surface area contributed by atoms with Crippen molar-refractivity contribution in [2.24, 2.45) is 0 Å². The van der Waals surface area contributed by atoms with Crippen LogP contribution < -0.4 is 4.90 Å². The summed E-state index contributed by atoms with van der Waals surface area (Å²) in [7, 11) is 2.11. The molecule has 1 aliphatic carbocycles. The molecule has 1 aromatic carbocycles. The molecule has 1 aliphatic rings. The molecule has 0 saturated heterocycles. The molecule has 1 N–H and O–H groups in total. The Bertz CT molecular complexity index is 461. The highest BCUT2D eigenvalue weighted by atomic mass is 16.4. The van der Waals surface area contributed by atoms with Crippen LogP contribution in [0.4, 0.5) is 5.69 Å². The predicted molar refractivity (Wildman–Crippen MR) is 69.3 cm³/mol. The normalized spacial score (nSPS) is 15.2. The molecular weight excluding hydrogens is 214 g/mol. The third-order valence-corrected chi connectivity index (χ3v) is 3.16. The number of hydrogen-bond acceptors (Lipinski definition) is 2. The van der Waals surface area contributed by atoms with Crippen LogP contribution in [0.1, 0.15) is 24.0 Å². The van der Waals surface area contributed by atoms with Gasteiger partial charge in [-0.1, -0.05) is 6.07 Å². The lowest BCUT2D eigenvalue weighted by Gasteiger charge is -2.19. The van der Waals surface area contributed by atoms with Crippen molar-refractivity contribution in [1.82, 2.24) is 0 Å². The number of rotatable bonds is 4. The zero-order valence-electron chi connectivity index (χ0n) is 10.2. The summed E-state index contributed by atoms with van der Waals surface area (Å²) in [4.78, 5) is 12.8. The molecule has 0 atom stereocenters. The number of nitrogens with zero attached hydrogens (tertiary/aromatic N) is 1. The first-order chi connectivity index (χ1) is 8.08. The van der Waals surface area contributed by atoms with Crippen LogP contribution in [-0.2, 0) is 4.79 Å². The highest BCUT2D eigenvalue weighted by Gasteiger charge is 2.26. The summed E-state index contributed by atoms with van der Waals surface area (Å²) in [5.74, 6) is -0.913. The molecule has 17 heavy (non-hydrogen) atoms. The summed E-state index contributed by atoms with van der Waals surface area (Å²) >= 11 is 0. The van der Waals surface area contributed by atoms with E-state index < -0.39 is 5.97 Å². The minimum atomic E-state index is -0.913. The van der Waals surface area contributed by atoms with Gasteiger partial charge >= 0.3 is 5.97 Å². The van der Waals surface area contributed by atoms with Crippen LogP contribution in [0.3, 0.4) is 0 Å². The maximum absolute atomic E-state index is 10.5. The van der Waals surface area contributed by atoms with E-state index in [9.17, 15) is 4.79 Å². The fourth-order valence-electron chi connectivity index (χ4n) is 1.90. The summed E-state index contributed by atoms with van der Waals surface area (Å²) < 4.78 is 0. The minimum Gasteiger partial charge on any atom is -0.478 e. The monoisotopic (exact) mass is 231 g/mol. The van der Waals surface area contributed by atoms with Crippen LogP contribution in [0.15, 0.2) is 24.3 Å². The molecule has 0 aromatic heterocycles. The molecule has 0 spiro atoms. The van der Waals surface area contributed by atoms with Gasteiger partial charge in [-0.05, 0) is 49.1 Å². The second kappa shape index (κ2) is 4.62. The summed E-state index contributed by atoms with van der Waals surface area (Å²) in [5, 5.41) is 8.59. The minimum absolute atomic E-state index is 0.690. The predicted octanol–water partition coefficient (Wildman–Crippen LogP) is 2.69. The first kappa shape index (κ1) is 11.7. The maximum Gasteiger partial charge on any atom is 0.328 e. The van der Waals surface area contributed by atoms with Gasteiger partial charge in [0.15, 0.2) is 0 Å². The van der Waals surface area contributed by atoms with Crippen LogP contribution >= 0.6 is 0 Å². The number of aryl methyl sites for hydroxylation is 1. The lowest BCUT2D eigenvalue weighted by molar-refractivity contribution is -0.131. The number of carboxylic acid groups (broad SMARTS) is 1. The second-order valence-electron chi connectivity index (χ2n) is 4.55. The van der Waals surface area contributed by atoms with Gasteiger partial charge in [0.1, 0.15) is 0 Å². The molecule has 0 heterocycles. The van der Waals surface area contributed by atoms with E-state index in [1.165, 1.54) is 24.6 Å². The van der Waals surface area contributed by atoms with E-state index in [0.29, 0.717) is 6.04 Å². The average molecular weight is 231 g/mol. The Morgan fingerprint density at radius 2 is 2.18 bits per heavy atom. The van der Waals surface area contributed by atoms with Crippen molar-refractivity contribution in [3.05, 3.63) is 35.4 Å². The smallest absolute Gasteiger partial charge is 0.328 e. The van der Waals surface area contributed by atoms with Crippen molar-refractivity contribution >= 4 is 17.7 Å². The van der Waals surface area contributed by atoms with Gasteiger partial charge in [-0.3, -0.25) is 0 Å². The Kier molecular flexibility index (Phi) is 3.18. The van der Waals surface area contributed by atoms with Gasteiger partial charge in [-0.15, -0.1) is 0 Å². The molecule has 1 fully saturated rings. The summed E-state index contributed by atoms with van der Waals surface area (Å²) in [5.41, 5.74) is 3.27. The van der Waals surface area contributed by atoms with Crippen LogP contribution in [-0.4, -0.2) is 24.2 Å². The van der Waals surface area contributed by atoms with Crippen molar-refractivity contribution in [3.63, 3.8) is 0 Å². The number of hydrogen-bond donors (Lipinski definition) is 1. The Hall–Kier alpha value is -1.77. The molecule has 0 aliphatic heterocycles. The van der Waals surface area contributed by atoms with E-state index in [1.54, 1.807) is 6.08 Å². The van der Waals surface area contributed by atoms with Gasteiger partial charge in [0, 0.05) is 24.9 Å². The van der Waals surface area contributed by atoms with Crippen molar-refractivity contribution in [3.8, 4) is 0 Å². The molecule has 0 unspecified atom stereocenters. The second-order valence-corrected chi connectivity index (χ2v) is 4.55. The Morgan fingerprint density at radius 3 is 2.71 bits per heavy atom. The zero-order chi connectivity index (χ0) is 12.4. The van der Waals surface area contributed by atoms with E-state index in [0.717, 1.165) is 11.1 Å². The van der Waals surface area contributed by atoms with Crippen LogP contribution in [0.25, 0.3) is 6.08 Å². The van der Waals surface area contributed by atoms with E-state index in [4.69, 9.17) is 5.11 Å². The molecule has 0 bridgehead atoms. The van der Waals surface area contributed by atoms with Crippen molar-refractivity contribution < 1.29 is 9.90 Å². The molecule has 0 amide bonds. The van der Waals surface area contributed by atoms with Crippen molar-refractivity contribution in [2.45, 2.75) is 25.8 Å². The molecule has 2 rings (SSSR count). The zero-order valence-corrected chi connectivity index (χ0v) is 10.2. The highest BCUT2D eigenvalue weighted by molar-refractivity contribution is 5.85. The summed E-state index contributed by atoms with van der Waals surface area (Å²) in [6.45, 7) is 2.01. The van der Waals surface area contributed by atoms with Crippen molar-refractivity contribution in [1.29, 1.82) is 0 Å². The third-order valence-electron chi connectivity index (χ3n) is 3.16. The molecule has 3 nitrogen and oxygen atoms in total. The van der Waals surface area contributed by atoms with Crippen LogP contribution in [0.2, 0.25) is 0 Å². The summed E-state index contributed by atoms with van der Waals surface area (Å²) in [6.07, 6.45) is 5.36. The quantitative estimate of drug-likeness (QED) is 0.810. The van der Waals surface area contributed by atoms with Gasteiger partial charge in [0.05, 0.1) is 0 Å². The number of carboxylic acids is 1. The number of anilines is 1. The van der Waals surface area contributed by atoms with E-state index in [1.807, 2.05) is 19.1 Å². The Balaban J connectivity index is 2.18. The average Bonchev–Trinajstić information content (AvgIpc) is 3.10. The molecular formula is C14H17NO2. The lowest BCUT2D eigenvalue weighted by Crippen LogP contribution is -2.19. The number of aliphatic carboxylic acids is 1. The van der Waals surface area contributed by atoms with E-state index in [2.05, 4.69) is 18.0 Å². The Labute approximate surface area is 101 Å². The van der Waals surface area contributed by atoms with Gasteiger partial charge < -0.3 is 10.0 Å². The lowest BCUT2D eigenvalue weighted by atomic mass is 10.1. The molecule has 0 radical (unpaired) electrons. The van der Waals surface area contributed by atoms with Gasteiger partial charge in [-0.25, -0.2) is 4.79 Å². The van der Waals surface area contributed by atoms with Crippen molar-refractivity contribution in [2.75, 3.05) is 11.9 Å². The molecule has 1 saturated carbocycles. The number of benzene rings is 1. The first-order valence-corrected chi connectivity index (χ1v) is 5.82. The fourth-order valence-corrected chi connectivity index (χ4v) is 1.90. The topological polar surface area (TPSA) is 40.5 Å². The largest absolute Gasteiger partial charge is 0.478 e. The standard InChI is InChI=1S/C14H17NO2/c1-10-9-13(15(2)12-6-7-12)5-3-11(10)4-8-14(16)17/h3-5,8-9,12H,6-7H2,1-2H3,(H,16,17)/b8-4+. The number of carbonyl (C=O) groups is 1. The highest BCUT2D eigenvalue weighted by Crippen LogP contribution is 2.31. The van der Waals surface area contributed by atoms with Crippen LogP contribution in [0.5, 0.6) is 0 Å². The molecule has 3 heteroatoms. The maximum atomic E-state index is 10.5. The summed E-state index contributed by atoms with van der Waals surface area (Å²) in [6, 6.07) is 6.82. The first-order valence-electron chi connectivity index (χ1n) is 5.82. The SMILES string of the molecule is Cc1cc(N(C)C2CC2)ccc1/C=C/C(=O)O. The van der Waals surface area contributed by atoms with Crippen LogP contribution in [0, 0.1) is 6.92 Å². The third kappa shape index (κ3) is 2.87. The fraction of sp³-hybridized carbons (Fsp3) is 0.357. The van der Waals surface area contributed by atoms with Gasteiger partial charge in [-0.2, -0.15) is 0 Å². The molecule has 90 valence electrons.